The lowest BCUT2D eigenvalue weighted by atomic mass is 9.87. The molecular weight excluding hydrogens is 669 g/mol. The van der Waals surface area contributed by atoms with Gasteiger partial charge in [0.05, 0.1) is 11.0 Å². The van der Waals surface area contributed by atoms with Crippen LogP contribution in [0.25, 0.3) is 28.1 Å². The molecule has 0 aliphatic carbocycles. The van der Waals surface area contributed by atoms with Gasteiger partial charge in [0.15, 0.2) is 0 Å². The summed E-state index contributed by atoms with van der Waals surface area (Å²) in [5.41, 5.74) is 13.6. The van der Waals surface area contributed by atoms with E-state index in [9.17, 15) is 0 Å². The number of nitrogens with zero attached hydrogens (tertiary/aromatic N) is 4. The third kappa shape index (κ3) is 7.28. The SMILES string of the molecule is CC(C)(C)c1ccc(N(c2ccccc2)c2ccc(-c3nc4ccccc4n3-c3ccc(N(c4ccccc4)c4ccc(C(C)(C)C)cc4)cc3)cc2)cc1. The van der Waals surface area contributed by atoms with E-state index in [0.29, 0.717) is 0 Å². The molecule has 1 aromatic heterocycles. The fourth-order valence-corrected chi connectivity index (χ4v) is 7.26. The Morgan fingerprint density at radius 2 is 0.745 bits per heavy atom. The van der Waals surface area contributed by atoms with Crippen LogP contribution in [0.2, 0.25) is 0 Å². The number of rotatable bonds is 8. The minimum Gasteiger partial charge on any atom is -0.311 e. The summed E-state index contributed by atoms with van der Waals surface area (Å²) in [5.74, 6) is 0.902. The summed E-state index contributed by atoms with van der Waals surface area (Å²) >= 11 is 0. The van der Waals surface area contributed by atoms with Crippen LogP contribution in [-0.2, 0) is 10.8 Å². The van der Waals surface area contributed by atoms with Crippen molar-refractivity contribution in [3.05, 3.63) is 193 Å². The van der Waals surface area contributed by atoms with Gasteiger partial charge in [-0.15, -0.1) is 0 Å². The van der Waals surface area contributed by atoms with Crippen molar-refractivity contribution in [2.45, 2.75) is 52.4 Å². The van der Waals surface area contributed by atoms with Gasteiger partial charge in [0, 0.05) is 45.4 Å². The molecular formula is C51H48N4. The predicted molar refractivity (Wildman–Crippen MR) is 233 cm³/mol. The number of hydrogen-bond donors (Lipinski definition) is 0. The van der Waals surface area contributed by atoms with E-state index in [1.807, 2.05) is 0 Å². The molecule has 8 rings (SSSR count). The number of imidazole rings is 1. The van der Waals surface area contributed by atoms with Gasteiger partial charge in [-0.3, -0.25) is 4.57 Å². The van der Waals surface area contributed by atoms with Gasteiger partial charge in [-0.2, -0.15) is 0 Å². The molecule has 0 aliphatic rings. The van der Waals surface area contributed by atoms with E-state index in [1.54, 1.807) is 0 Å². The van der Waals surface area contributed by atoms with Crippen molar-refractivity contribution >= 4 is 45.2 Å². The molecule has 8 aromatic rings. The Morgan fingerprint density at radius 3 is 1.18 bits per heavy atom. The summed E-state index contributed by atoms with van der Waals surface area (Å²) in [6.45, 7) is 13.5. The molecule has 4 nitrogen and oxygen atoms in total. The third-order valence-electron chi connectivity index (χ3n) is 10.3. The van der Waals surface area contributed by atoms with Crippen LogP contribution in [-0.4, -0.2) is 9.55 Å². The fourth-order valence-electron chi connectivity index (χ4n) is 7.26. The normalized spacial score (nSPS) is 11.8. The number of fused-ring (bicyclic) bond motifs is 1. The summed E-state index contributed by atoms with van der Waals surface area (Å²) in [7, 11) is 0. The maximum absolute atomic E-state index is 5.20. The first-order valence-electron chi connectivity index (χ1n) is 19.1. The molecule has 0 saturated carbocycles. The third-order valence-corrected chi connectivity index (χ3v) is 10.3. The first kappa shape index (κ1) is 35.6. The van der Waals surface area contributed by atoms with Crippen molar-refractivity contribution in [2.24, 2.45) is 0 Å². The molecule has 0 spiro atoms. The van der Waals surface area contributed by atoms with Gasteiger partial charge in [-0.1, -0.05) is 114 Å². The molecule has 0 aliphatic heterocycles. The molecule has 272 valence electrons. The van der Waals surface area contributed by atoms with Crippen molar-refractivity contribution < 1.29 is 0 Å². The van der Waals surface area contributed by atoms with Crippen LogP contribution in [0.5, 0.6) is 0 Å². The van der Waals surface area contributed by atoms with Crippen molar-refractivity contribution in [1.82, 2.24) is 9.55 Å². The highest BCUT2D eigenvalue weighted by molar-refractivity contribution is 5.85. The van der Waals surface area contributed by atoms with Crippen LogP contribution in [0.15, 0.2) is 182 Å². The summed E-state index contributed by atoms with van der Waals surface area (Å²) in [5, 5.41) is 0. The maximum atomic E-state index is 5.20. The van der Waals surface area contributed by atoms with Gasteiger partial charge >= 0.3 is 0 Å². The van der Waals surface area contributed by atoms with E-state index in [0.717, 1.165) is 62.2 Å². The zero-order chi connectivity index (χ0) is 38.2. The van der Waals surface area contributed by atoms with Crippen molar-refractivity contribution in [2.75, 3.05) is 9.80 Å². The van der Waals surface area contributed by atoms with Gasteiger partial charge in [-0.05, 0) is 131 Å². The van der Waals surface area contributed by atoms with Crippen LogP contribution in [0.4, 0.5) is 34.1 Å². The number of hydrogen-bond acceptors (Lipinski definition) is 3. The quantitative estimate of drug-likeness (QED) is 0.156. The summed E-state index contributed by atoms with van der Waals surface area (Å²) in [6.07, 6.45) is 0. The van der Waals surface area contributed by atoms with E-state index < -0.39 is 0 Å². The lowest BCUT2D eigenvalue weighted by molar-refractivity contribution is 0.590. The Bertz CT molecular complexity index is 2500. The van der Waals surface area contributed by atoms with Crippen molar-refractivity contribution in [1.29, 1.82) is 0 Å². The average Bonchev–Trinajstić information content (AvgIpc) is 3.59. The Kier molecular flexibility index (Phi) is 9.36. The molecule has 0 unspecified atom stereocenters. The predicted octanol–water partition coefficient (Wildman–Crippen LogP) is 14.2. The Labute approximate surface area is 326 Å². The largest absolute Gasteiger partial charge is 0.311 e. The molecule has 1 heterocycles. The highest BCUT2D eigenvalue weighted by atomic mass is 15.2. The Hall–Kier alpha value is -6.39. The average molecular weight is 717 g/mol. The van der Waals surface area contributed by atoms with Crippen molar-refractivity contribution in [3.8, 4) is 17.1 Å². The van der Waals surface area contributed by atoms with Crippen LogP contribution in [0.3, 0.4) is 0 Å². The second-order valence-electron chi connectivity index (χ2n) is 16.3. The van der Waals surface area contributed by atoms with E-state index in [-0.39, 0.29) is 10.8 Å². The van der Waals surface area contributed by atoms with Gasteiger partial charge < -0.3 is 9.80 Å². The second kappa shape index (κ2) is 14.4. The smallest absolute Gasteiger partial charge is 0.145 e. The van der Waals surface area contributed by atoms with E-state index >= 15 is 0 Å². The summed E-state index contributed by atoms with van der Waals surface area (Å²) in [6, 6.07) is 65.1. The van der Waals surface area contributed by atoms with Crippen LogP contribution >= 0.6 is 0 Å². The maximum Gasteiger partial charge on any atom is 0.145 e. The topological polar surface area (TPSA) is 24.3 Å². The van der Waals surface area contributed by atoms with Crippen LogP contribution < -0.4 is 9.80 Å². The Morgan fingerprint density at radius 1 is 0.382 bits per heavy atom. The molecule has 0 amide bonds. The number of aromatic nitrogens is 2. The standard InChI is InChI=1S/C51H48N4/c1-50(2,3)38-23-29-43(30-24-38)53(40-15-9-7-10-16-40)42-27-21-37(22-28-42)49-52-47-19-13-14-20-48(47)55(49)46-35-33-45(34-36-46)54(41-17-11-8-12-18-41)44-31-25-39(26-32-44)51(4,5)6/h7-36H,1-6H3. The van der Waals surface area contributed by atoms with Crippen LogP contribution in [0, 0.1) is 0 Å². The number of para-hydroxylation sites is 4. The van der Waals surface area contributed by atoms with E-state index in [4.69, 9.17) is 4.98 Å². The lowest BCUT2D eigenvalue weighted by Crippen LogP contribution is -2.13. The molecule has 0 fully saturated rings. The highest BCUT2D eigenvalue weighted by Crippen LogP contribution is 2.39. The number of benzene rings is 7. The van der Waals surface area contributed by atoms with E-state index in [2.05, 4.69) is 238 Å². The minimum atomic E-state index is 0.0863. The zero-order valence-electron chi connectivity index (χ0n) is 32.6. The zero-order valence-corrected chi connectivity index (χ0v) is 32.6. The minimum absolute atomic E-state index is 0.0863. The van der Waals surface area contributed by atoms with Gasteiger partial charge in [-0.25, -0.2) is 4.98 Å². The molecule has 4 heteroatoms. The van der Waals surface area contributed by atoms with Crippen molar-refractivity contribution in [3.63, 3.8) is 0 Å². The molecule has 0 N–H and O–H groups in total. The fraction of sp³-hybridized carbons (Fsp3) is 0.157. The van der Waals surface area contributed by atoms with Gasteiger partial charge in [0.25, 0.3) is 0 Å². The summed E-state index contributed by atoms with van der Waals surface area (Å²) < 4.78 is 2.28. The molecule has 7 aromatic carbocycles. The molecule has 55 heavy (non-hydrogen) atoms. The molecule has 0 atom stereocenters. The van der Waals surface area contributed by atoms with E-state index in [1.165, 1.54) is 11.1 Å². The summed E-state index contributed by atoms with van der Waals surface area (Å²) in [4.78, 5) is 9.83. The van der Waals surface area contributed by atoms with Crippen LogP contribution in [0.1, 0.15) is 52.7 Å². The van der Waals surface area contributed by atoms with Gasteiger partial charge in [0.2, 0.25) is 0 Å². The monoisotopic (exact) mass is 716 g/mol. The first-order chi connectivity index (χ1) is 26.5. The molecule has 0 saturated heterocycles. The number of anilines is 6. The molecule has 0 bridgehead atoms. The lowest BCUT2D eigenvalue weighted by Gasteiger charge is -2.27. The Balaban J connectivity index is 1.17. The molecule has 0 radical (unpaired) electrons. The van der Waals surface area contributed by atoms with Gasteiger partial charge in [0.1, 0.15) is 5.82 Å². The second-order valence-corrected chi connectivity index (χ2v) is 16.3. The first-order valence-corrected chi connectivity index (χ1v) is 19.1. The highest BCUT2D eigenvalue weighted by Gasteiger charge is 2.20.